The molecule has 160 valence electrons. The zero-order chi connectivity index (χ0) is 22.0. The summed E-state index contributed by atoms with van der Waals surface area (Å²) >= 11 is 0. The van der Waals surface area contributed by atoms with Gasteiger partial charge in [0.1, 0.15) is 0 Å². The molecular weight excluding hydrogens is 390 g/mol. The average Bonchev–Trinajstić information content (AvgIpc) is 2.79. The Hall–Kier alpha value is -3.21. The number of aryl methyl sites for hydroxylation is 1. The topological polar surface area (TPSA) is 63.7 Å². The lowest BCUT2D eigenvalue weighted by Gasteiger charge is -2.44. The van der Waals surface area contributed by atoms with E-state index in [9.17, 15) is 14.4 Å². The minimum absolute atomic E-state index is 0.0319. The molecule has 0 radical (unpaired) electrons. The van der Waals surface area contributed by atoms with E-state index in [1.165, 1.54) is 4.90 Å². The van der Waals surface area contributed by atoms with Crippen LogP contribution < -0.4 is 4.90 Å². The number of hydrogen-bond acceptors (Lipinski definition) is 4. The van der Waals surface area contributed by atoms with Crippen LogP contribution in [0.2, 0.25) is 0 Å². The molecule has 2 aromatic carbocycles. The second-order valence-electron chi connectivity index (χ2n) is 8.31. The summed E-state index contributed by atoms with van der Waals surface area (Å²) in [6, 6.07) is 17.3. The highest BCUT2D eigenvalue weighted by Gasteiger charge is 2.53. The number of esters is 1. The Bertz CT molecular complexity index is 1030. The summed E-state index contributed by atoms with van der Waals surface area (Å²) in [5, 5.41) is 0. The molecular formula is C26H27NO4. The summed E-state index contributed by atoms with van der Waals surface area (Å²) in [6.07, 6.45) is 3.68. The maximum absolute atomic E-state index is 13.8. The standard InChI is InChI=1S/C26H27NO4/c1-3-31-24(29)22-17-20(19-7-5-4-6-8-19)13-15-26(22)16-14-23(28)27(25(26)30)21-11-9-18(2)10-12-21/h4-12,17,20H,3,13-16H2,1-2H3. The third-order valence-electron chi connectivity index (χ3n) is 6.41. The first-order chi connectivity index (χ1) is 15.0. The largest absolute Gasteiger partial charge is 0.463 e. The summed E-state index contributed by atoms with van der Waals surface area (Å²) in [4.78, 5) is 40.9. The van der Waals surface area contributed by atoms with Crippen molar-refractivity contribution in [2.24, 2.45) is 5.41 Å². The predicted molar refractivity (Wildman–Crippen MR) is 118 cm³/mol. The average molecular weight is 418 g/mol. The van der Waals surface area contributed by atoms with Crippen LogP contribution in [0.1, 0.15) is 49.7 Å². The van der Waals surface area contributed by atoms with E-state index in [4.69, 9.17) is 4.74 Å². The van der Waals surface area contributed by atoms with Gasteiger partial charge in [0.15, 0.2) is 0 Å². The first kappa shape index (κ1) is 21.0. The third-order valence-corrected chi connectivity index (χ3v) is 6.41. The Morgan fingerprint density at radius 3 is 2.45 bits per heavy atom. The van der Waals surface area contributed by atoms with Crippen LogP contribution >= 0.6 is 0 Å². The summed E-state index contributed by atoms with van der Waals surface area (Å²) in [7, 11) is 0. The van der Waals surface area contributed by atoms with Crippen LogP contribution in [0.25, 0.3) is 0 Å². The van der Waals surface area contributed by atoms with Crippen molar-refractivity contribution in [1.82, 2.24) is 0 Å². The Morgan fingerprint density at radius 2 is 1.77 bits per heavy atom. The van der Waals surface area contributed by atoms with E-state index < -0.39 is 11.4 Å². The van der Waals surface area contributed by atoms with Crippen LogP contribution in [-0.4, -0.2) is 24.4 Å². The number of ether oxygens (including phenoxy) is 1. The number of nitrogens with zero attached hydrogens (tertiary/aromatic N) is 1. The number of anilines is 1. The summed E-state index contributed by atoms with van der Waals surface area (Å²) < 4.78 is 5.36. The lowest BCUT2D eigenvalue weighted by atomic mass is 9.64. The molecule has 2 aromatic rings. The van der Waals surface area contributed by atoms with Crippen LogP contribution in [0, 0.1) is 12.3 Å². The van der Waals surface area contributed by atoms with E-state index in [0.29, 0.717) is 24.1 Å². The lowest BCUT2D eigenvalue weighted by Crippen LogP contribution is -2.54. The Kier molecular flexibility index (Phi) is 5.77. The van der Waals surface area contributed by atoms with Crippen molar-refractivity contribution in [3.8, 4) is 0 Å². The fourth-order valence-corrected chi connectivity index (χ4v) is 4.72. The summed E-state index contributed by atoms with van der Waals surface area (Å²) in [5.74, 6) is -0.981. The number of rotatable bonds is 4. The highest BCUT2D eigenvalue weighted by molar-refractivity contribution is 6.21. The van der Waals surface area contributed by atoms with E-state index in [0.717, 1.165) is 17.5 Å². The van der Waals surface area contributed by atoms with Crippen LogP contribution in [0.4, 0.5) is 5.69 Å². The normalized spacial score (nSPS) is 23.6. The Labute approximate surface area is 182 Å². The maximum atomic E-state index is 13.8. The van der Waals surface area contributed by atoms with Gasteiger partial charge in [-0.3, -0.25) is 9.59 Å². The van der Waals surface area contributed by atoms with Gasteiger partial charge in [-0.1, -0.05) is 54.1 Å². The zero-order valence-corrected chi connectivity index (χ0v) is 18.0. The van der Waals surface area contributed by atoms with Gasteiger partial charge in [0, 0.05) is 17.9 Å². The fourth-order valence-electron chi connectivity index (χ4n) is 4.72. The molecule has 1 saturated heterocycles. The monoisotopic (exact) mass is 417 g/mol. The van der Waals surface area contributed by atoms with Crippen LogP contribution in [0.3, 0.4) is 0 Å². The van der Waals surface area contributed by atoms with E-state index >= 15 is 0 Å². The Morgan fingerprint density at radius 1 is 1.06 bits per heavy atom. The van der Waals surface area contributed by atoms with Crippen molar-refractivity contribution in [2.45, 2.75) is 45.4 Å². The first-order valence-corrected chi connectivity index (χ1v) is 10.8. The lowest BCUT2D eigenvalue weighted by molar-refractivity contribution is -0.145. The van der Waals surface area contributed by atoms with E-state index in [1.54, 1.807) is 19.1 Å². The minimum Gasteiger partial charge on any atom is -0.463 e. The molecule has 2 unspecified atom stereocenters. The molecule has 5 heteroatoms. The van der Waals surface area contributed by atoms with Crippen LogP contribution in [0.15, 0.2) is 66.2 Å². The molecule has 1 aliphatic heterocycles. The fraction of sp³-hybridized carbons (Fsp3) is 0.346. The molecule has 1 aliphatic carbocycles. The number of allylic oxidation sites excluding steroid dienone is 1. The summed E-state index contributed by atoms with van der Waals surface area (Å²) in [6.45, 7) is 3.95. The highest BCUT2D eigenvalue weighted by atomic mass is 16.5. The molecule has 0 N–H and O–H groups in total. The SMILES string of the molecule is CCOC(=O)C1=CC(c2ccccc2)CCC12CCC(=O)N(c1ccc(C)cc1)C2=O. The predicted octanol–water partition coefficient (Wildman–Crippen LogP) is 4.70. The molecule has 1 fully saturated rings. The van der Waals surface area contributed by atoms with Crippen molar-refractivity contribution < 1.29 is 19.1 Å². The van der Waals surface area contributed by atoms with Crippen molar-refractivity contribution >= 4 is 23.5 Å². The first-order valence-electron chi connectivity index (χ1n) is 10.8. The van der Waals surface area contributed by atoms with E-state index in [-0.39, 0.29) is 30.8 Å². The van der Waals surface area contributed by atoms with Gasteiger partial charge >= 0.3 is 5.97 Å². The molecule has 0 aromatic heterocycles. The summed E-state index contributed by atoms with van der Waals surface area (Å²) in [5.41, 5.74) is 2.06. The molecule has 0 bridgehead atoms. The molecule has 4 rings (SSSR count). The number of carbonyl (C=O) groups is 3. The number of piperidine rings is 1. The Balaban J connectivity index is 1.77. The van der Waals surface area contributed by atoms with Crippen LogP contribution in [-0.2, 0) is 19.1 Å². The van der Waals surface area contributed by atoms with Gasteiger partial charge in [-0.05, 0) is 50.8 Å². The maximum Gasteiger partial charge on any atom is 0.334 e. The van der Waals surface area contributed by atoms with Crippen molar-refractivity contribution in [1.29, 1.82) is 0 Å². The van der Waals surface area contributed by atoms with E-state index in [2.05, 4.69) is 0 Å². The molecule has 2 atom stereocenters. The molecule has 1 heterocycles. The highest BCUT2D eigenvalue weighted by Crippen LogP contribution is 2.50. The molecule has 2 aliphatic rings. The van der Waals surface area contributed by atoms with Gasteiger partial charge in [0.05, 0.1) is 17.7 Å². The zero-order valence-electron chi connectivity index (χ0n) is 18.0. The third kappa shape index (κ3) is 3.80. The van der Waals surface area contributed by atoms with Crippen LogP contribution in [0.5, 0.6) is 0 Å². The number of hydrogen-bond donors (Lipinski definition) is 0. The number of carbonyl (C=O) groups excluding carboxylic acids is 3. The second kappa shape index (κ2) is 8.50. The number of imide groups is 1. The van der Waals surface area contributed by atoms with Gasteiger partial charge < -0.3 is 4.74 Å². The van der Waals surface area contributed by atoms with Gasteiger partial charge in [-0.2, -0.15) is 0 Å². The number of benzene rings is 2. The molecule has 31 heavy (non-hydrogen) atoms. The van der Waals surface area contributed by atoms with Crippen molar-refractivity contribution in [3.63, 3.8) is 0 Å². The van der Waals surface area contributed by atoms with E-state index in [1.807, 2.05) is 55.5 Å². The molecule has 5 nitrogen and oxygen atoms in total. The quantitative estimate of drug-likeness (QED) is 0.534. The van der Waals surface area contributed by atoms with Gasteiger partial charge in [0.2, 0.25) is 11.8 Å². The second-order valence-corrected chi connectivity index (χ2v) is 8.31. The molecule has 1 spiro atoms. The molecule has 0 saturated carbocycles. The van der Waals surface area contributed by atoms with Crippen molar-refractivity contribution in [2.75, 3.05) is 11.5 Å². The number of amides is 2. The van der Waals surface area contributed by atoms with Gasteiger partial charge in [0.25, 0.3) is 0 Å². The van der Waals surface area contributed by atoms with Crippen molar-refractivity contribution in [3.05, 3.63) is 77.4 Å². The minimum atomic E-state index is -1.03. The van der Waals surface area contributed by atoms with Gasteiger partial charge in [-0.25, -0.2) is 9.69 Å². The van der Waals surface area contributed by atoms with Gasteiger partial charge in [-0.15, -0.1) is 0 Å². The molecule has 2 amide bonds. The smallest absolute Gasteiger partial charge is 0.334 e.